The highest BCUT2D eigenvalue weighted by Crippen LogP contribution is 2.08. The summed E-state index contributed by atoms with van der Waals surface area (Å²) in [6.07, 6.45) is 0. The van der Waals surface area contributed by atoms with Crippen molar-refractivity contribution in [2.24, 2.45) is 5.92 Å². The van der Waals surface area contributed by atoms with E-state index >= 15 is 0 Å². The molecule has 0 saturated heterocycles. The number of anilines is 1. The molecule has 3 nitrogen and oxygen atoms in total. The molecule has 1 amide bonds. The van der Waals surface area contributed by atoms with Crippen LogP contribution in [0, 0.1) is 11.7 Å². The molecule has 0 aliphatic heterocycles. The SMILES string of the molecule is CC(C)CNC(=O)CNc1cccc(F)c1. The van der Waals surface area contributed by atoms with Crippen LogP contribution in [0.2, 0.25) is 0 Å². The molecule has 2 N–H and O–H groups in total. The highest BCUT2D eigenvalue weighted by molar-refractivity contribution is 5.80. The van der Waals surface area contributed by atoms with E-state index in [0.717, 1.165) is 0 Å². The maximum atomic E-state index is 12.8. The molecule has 0 fully saturated rings. The van der Waals surface area contributed by atoms with Crippen LogP contribution in [-0.2, 0) is 4.79 Å². The lowest BCUT2D eigenvalue weighted by molar-refractivity contribution is -0.119. The number of rotatable bonds is 5. The Labute approximate surface area is 95.0 Å². The molecule has 1 aromatic carbocycles. The van der Waals surface area contributed by atoms with Gasteiger partial charge in [0.15, 0.2) is 0 Å². The molecule has 0 aliphatic carbocycles. The van der Waals surface area contributed by atoms with Crippen molar-refractivity contribution >= 4 is 11.6 Å². The molecular weight excluding hydrogens is 207 g/mol. The molecule has 4 heteroatoms. The molecule has 0 bridgehead atoms. The lowest BCUT2D eigenvalue weighted by Gasteiger charge is -2.09. The van der Waals surface area contributed by atoms with Gasteiger partial charge in [0.2, 0.25) is 5.91 Å². The predicted molar refractivity (Wildman–Crippen MR) is 62.7 cm³/mol. The smallest absolute Gasteiger partial charge is 0.239 e. The second kappa shape index (κ2) is 6.10. The van der Waals surface area contributed by atoms with Crippen LogP contribution in [0.4, 0.5) is 10.1 Å². The molecule has 1 aromatic rings. The second-order valence-corrected chi connectivity index (χ2v) is 4.06. The van der Waals surface area contributed by atoms with E-state index in [1.165, 1.54) is 12.1 Å². The van der Waals surface area contributed by atoms with Gasteiger partial charge in [-0.2, -0.15) is 0 Å². The lowest BCUT2D eigenvalue weighted by Crippen LogP contribution is -2.32. The van der Waals surface area contributed by atoms with Crippen molar-refractivity contribution in [1.29, 1.82) is 0 Å². The van der Waals surface area contributed by atoms with Crippen LogP contribution >= 0.6 is 0 Å². The van der Waals surface area contributed by atoms with E-state index < -0.39 is 0 Å². The third-order valence-corrected chi connectivity index (χ3v) is 1.99. The Bertz CT molecular complexity index is 353. The normalized spacial score (nSPS) is 10.2. The zero-order chi connectivity index (χ0) is 12.0. The molecule has 0 aliphatic rings. The summed E-state index contributed by atoms with van der Waals surface area (Å²) in [6.45, 7) is 4.88. The maximum absolute atomic E-state index is 12.8. The Morgan fingerprint density at radius 3 is 2.81 bits per heavy atom. The molecule has 0 spiro atoms. The molecule has 0 unspecified atom stereocenters. The van der Waals surface area contributed by atoms with Gasteiger partial charge < -0.3 is 10.6 Å². The number of nitrogens with one attached hydrogen (secondary N) is 2. The minimum absolute atomic E-state index is 0.0852. The van der Waals surface area contributed by atoms with Crippen molar-refractivity contribution in [1.82, 2.24) is 5.32 Å². The van der Waals surface area contributed by atoms with Crippen LogP contribution in [0.15, 0.2) is 24.3 Å². The Morgan fingerprint density at radius 2 is 2.19 bits per heavy atom. The third-order valence-electron chi connectivity index (χ3n) is 1.99. The van der Waals surface area contributed by atoms with Gasteiger partial charge in [0, 0.05) is 12.2 Å². The summed E-state index contributed by atoms with van der Waals surface area (Å²) in [5.74, 6) is 0.0312. The van der Waals surface area contributed by atoms with Crippen LogP contribution in [0.1, 0.15) is 13.8 Å². The van der Waals surface area contributed by atoms with Gasteiger partial charge in [0.25, 0.3) is 0 Å². The van der Waals surface area contributed by atoms with Gasteiger partial charge in [-0.1, -0.05) is 19.9 Å². The van der Waals surface area contributed by atoms with E-state index in [9.17, 15) is 9.18 Å². The summed E-state index contributed by atoms with van der Waals surface area (Å²) in [4.78, 5) is 11.3. The van der Waals surface area contributed by atoms with Crippen molar-refractivity contribution in [3.8, 4) is 0 Å². The largest absolute Gasteiger partial charge is 0.376 e. The average molecular weight is 224 g/mol. The fourth-order valence-corrected chi connectivity index (χ4v) is 1.16. The van der Waals surface area contributed by atoms with Crippen LogP contribution < -0.4 is 10.6 Å². The monoisotopic (exact) mass is 224 g/mol. The highest BCUT2D eigenvalue weighted by atomic mass is 19.1. The number of hydrogen-bond donors (Lipinski definition) is 2. The van der Waals surface area contributed by atoms with Crippen LogP contribution in [0.3, 0.4) is 0 Å². The summed E-state index contributed by atoms with van der Waals surface area (Å²) in [7, 11) is 0. The first-order valence-electron chi connectivity index (χ1n) is 5.34. The van der Waals surface area contributed by atoms with Gasteiger partial charge in [-0.15, -0.1) is 0 Å². The minimum atomic E-state index is -0.312. The number of carbonyl (C=O) groups is 1. The Morgan fingerprint density at radius 1 is 1.44 bits per heavy atom. The lowest BCUT2D eigenvalue weighted by atomic mass is 10.2. The molecule has 0 heterocycles. The Kier molecular flexibility index (Phi) is 4.76. The summed E-state index contributed by atoms with van der Waals surface area (Å²) < 4.78 is 12.8. The Hall–Kier alpha value is -1.58. The highest BCUT2D eigenvalue weighted by Gasteiger charge is 2.02. The summed E-state index contributed by atoms with van der Waals surface area (Å²) in [5.41, 5.74) is 0.611. The fraction of sp³-hybridized carbons (Fsp3) is 0.417. The van der Waals surface area contributed by atoms with E-state index in [4.69, 9.17) is 0 Å². The minimum Gasteiger partial charge on any atom is -0.376 e. The zero-order valence-electron chi connectivity index (χ0n) is 9.59. The predicted octanol–water partition coefficient (Wildman–Crippen LogP) is 2.01. The van der Waals surface area contributed by atoms with Crippen LogP contribution in [0.5, 0.6) is 0 Å². The summed E-state index contributed by atoms with van der Waals surface area (Å²) >= 11 is 0. The molecule has 0 saturated carbocycles. The average Bonchev–Trinajstić information content (AvgIpc) is 2.23. The van der Waals surface area contributed by atoms with Crippen molar-refractivity contribution in [3.63, 3.8) is 0 Å². The van der Waals surface area contributed by atoms with Crippen LogP contribution in [-0.4, -0.2) is 19.0 Å². The number of benzene rings is 1. The van der Waals surface area contributed by atoms with Crippen LogP contribution in [0.25, 0.3) is 0 Å². The quantitative estimate of drug-likeness (QED) is 0.803. The number of amides is 1. The van der Waals surface area contributed by atoms with Crippen molar-refractivity contribution in [2.45, 2.75) is 13.8 Å². The maximum Gasteiger partial charge on any atom is 0.239 e. The fourth-order valence-electron chi connectivity index (χ4n) is 1.16. The van der Waals surface area contributed by atoms with E-state index in [-0.39, 0.29) is 18.3 Å². The molecule has 0 aromatic heterocycles. The summed E-state index contributed by atoms with van der Waals surface area (Å²) in [6, 6.07) is 6.04. The van der Waals surface area contributed by atoms with Gasteiger partial charge in [-0.3, -0.25) is 4.79 Å². The van der Waals surface area contributed by atoms with Gasteiger partial charge >= 0.3 is 0 Å². The first-order valence-corrected chi connectivity index (χ1v) is 5.34. The van der Waals surface area contributed by atoms with Gasteiger partial charge in [-0.25, -0.2) is 4.39 Å². The Balaban J connectivity index is 2.31. The first kappa shape index (κ1) is 12.5. The standard InChI is InChI=1S/C12H17FN2O/c1-9(2)7-15-12(16)8-14-11-5-3-4-10(13)6-11/h3-6,9,14H,7-8H2,1-2H3,(H,15,16). The van der Waals surface area contributed by atoms with Gasteiger partial charge in [0.05, 0.1) is 6.54 Å². The first-order chi connectivity index (χ1) is 7.58. The van der Waals surface area contributed by atoms with E-state index in [2.05, 4.69) is 10.6 Å². The molecule has 0 radical (unpaired) electrons. The van der Waals surface area contributed by atoms with Crippen molar-refractivity contribution < 1.29 is 9.18 Å². The topological polar surface area (TPSA) is 41.1 Å². The van der Waals surface area contributed by atoms with E-state index in [0.29, 0.717) is 18.2 Å². The van der Waals surface area contributed by atoms with Gasteiger partial charge in [0.1, 0.15) is 5.82 Å². The number of halogens is 1. The van der Waals surface area contributed by atoms with Crippen molar-refractivity contribution in [3.05, 3.63) is 30.1 Å². The van der Waals surface area contributed by atoms with Crippen molar-refractivity contribution in [2.75, 3.05) is 18.4 Å². The number of hydrogen-bond acceptors (Lipinski definition) is 2. The second-order valence-electron chi connectivity index (χ2n) is 4.06. The van der Waals surface area contributed by atoms with E-state index in [1.54, 1.807) is 12.1 Å². The molecule has 1 rings (SSSR count). The molecule has 16 heavy (non-hydrogen) atoms. The zero-order valence-corrected chi connectivity index (χ0v) is 9.59. The number of carbonyl (C=O) groups excluding carboxylic acids is 1. The van der Waals surface area contributed by atoms with E-state index in [1.807, 2.05) is 13.8 Å². The third kappa shape index (κ3) is 4.77. The summed E-state index contributed by atoms with van der Waals surface area (Å²) in [5, 5.41) is 5.63. The molecule has 0 atom stereocenters. The molecular formula is C12H17FN2O. The van der Waals surface area contributed by atoms with Gasteiger partial charge in [-0.05, 0) is 24.1 Å². The molecule has 88 valence electrons.